The first-order valence-electron chi connectivity index (χ1n) is 6.63. The van der Waals surface area contributed by atoms with Crippen LogP contribution in [0.3, 0.4) is 0 Å². The number of hydrogen-bond donors (Lipinski definition) is 0. The Bertz CT molecular complexity index is 750. The fraction of sp³-hybridized carbons (Fsp3) is 0.118. The molecule has 5 heteroatoms. The van der Waals surface area contributed by atoms with Crippen molar-refractivity contribution in [2.45, 2.75) is 6.92 Å². The second-order valence-corrected chi connectivity index (χ2v) is 4.75. The minimum absolute atomic E-state index is 0.0339. The van der Waals surface area contributed by atoms with Crippen molar-refractivity contribution in [1.82, 2.24) is 0 Å². The lowest BCUT2D eigenvalue weighted by molar-refractivity contribution is -0.385. The third kappa shape index (κ3) is 3.58. The normalized spacial score (nSPS) is 10.6. The molecule has 0 aliphatic rings. The van der Waals surface area contributed by atoms with E-state index in [9.17, 15) is 14.9 Å². The number of nitro benzene ring substituents is 1. The van der Waals surface area contributed by atoms with Crippen molar-refractivity contribution in [2.75, 3.05) is 7.11 Å². The number of nitro groups is 1. The van der Waals surface area contributed by atoms with Crippen LogP contribution < -0.4 is 4.74 Å². The van der Waals surface area contributed by atoms with Crippen molar-refractivity contribution in [1.29, 1.82) is 0 Å². The molecule has 112 valence electrons. The summed E-state index contributed by atoms with van der Waals surface area (Å²) in [6, 6.07) is 11.5. The molecule has 2 aromatic carbocycles. The Morgan fingerprint density at radius 1 is 1.23 bits per heavy atom. The van der Waals surface area contributed by atoms with Gasteiger partial charge in [-0.05, 0) is 48.9 Å². The van der Waals surface area contributed by atoms with Gasteiger partial charge in [0.2, 0.25) is 0 Å². The highest BCUT2D eigenvalue weighted by Gasteiger charge is 2.10. The number of aryl methyl sites for hydroxylation is 1. The quantitative estimate of drug-likeness (QED) is 0.364. The molecule has 22 heavy (non-hydrogen) atoms. The van der Waals surface area contributed by atoms with Crippen LogP contribution in [0.2, 0.25) is 0 Å². The molecule has 0 radical (unpaired) electrons. The summed E-state index contributed by atoms with van der Waals surface area (Å²) >= 11 is 0. The number of methoxy groups -OCH3 is 1. The predicted octanol–water partition coefficient (Wildman–Crippen LogP) is 3.81. The highest BCUT2D eigenvalue weighted by Crippen LogP contribution is 2.20. The van der Waals surface area contributed by atoms with Crippen LogP contribution in [0.15, 0.2) is 48.5 Å². The van der Waals surface area contributed by atoms with E-state index in [0.717, 1.165) is 5.56 Å². The Balaban J connectivity index is 2.29. The van der Waals surface area contributed by atoms with Gasteiger partial charge in [0.15, 0.2) is 5.78 Å². The van der Waals surface area contributed by atoms with Crippen molar-refractivity contribution in [3.05, 3.63) is 75.3 Å². The number of ketones is 1. The van der Waals surface area contributed by atoms with Gasteiger partial charge in [0.05, 0.1) is 17.6 Å². The van der Waals surface area contributed by atoms with Gasteiger partial charge in [-0.25, -0.2) is 0 Å². The van der Waals surface area contributed by atoms with Crippen LogP contribution >= 0.6 is 0 Å². The molecule has 0 saturated heterocycles. The average Bonchev–Trinajstić information content (AvgIpc) is 2.52. The Hall–Kier alpha value is -2.95. The molecule has 0 saturated carbocycles. The average molecular weight is 297 g/mol. The lowest BCUT2D eigenvalue weighted by Crippen LogP contribution is -1.97. The first-order valence-corrected chi connectivity index (χ1v) is 6.63. The van der Waals surface area contributed by atoms with Gasteiger partial charge < -0.3 is 4.74 Å². The number of benzene rings is 2. The highest BCUT2D eigenvalue weighted by atomic mass is 16.6. The summed E-state index contributed by atoms with van der Waals surface area (Å²) in [5.74, 6) is 0.364. The molecule has 0 unspecified atom stereocenters. The smallest absolute Gasteiger partial charge is 0.276 e. The van der Waals surface area contributed by atoms with Crippen LogP contribution in [0.5, 0.6) is 5.75 Å². The van der Waals surface area contributed by atoms with Crippen molar-refractivity contribution >= 4 is 17.5 Å². The molecule has 0 aromatic heterocycles. The monoisotopic (exact) mass is 297 g/mol. The van der Waals surface area contributed by atoms with E-state index in [-0.39, 0.29) is 11.5 Å². The molecule has 0 fully saturated rings. The molecule has 0 atom stereocenters. The molecular weight excluding hydrogens is 282 g/mol. The van der Waals surface area contributed by atoms with Crippen molar-refractivity contribution in [2.24, 2.45) is 0 Å². The van der Waals surface area contributed by atoms with Crippen molar-refractivity contribution in [3.63, 3.8) is 0 Å². The fourth-order valence-electron chi connectivity index (χ4n) is 2.06. The van der Waals surface area contributed by atoms with Crippen LogP contribution in [0.1, 0.15) is 21.5 Å². The number of nitrogens with zero attached hydrogens (tertiary/aromatic N) is 1. The van der Waals surface area contributed by atoms with E-state index in [1.54, 1.807) is 30.3 Å². The lowest BCUT2D eigenvalue weighted by Gasteiger charge is -2.04. The molecule has 2 aromatic rings. The standard InChI is InChI=1S/C17H15NO4/c1-12-9-14(11-15(10-12)22-2)17(19)8-7-13-5-3-4-6-16(13)18(20)21/h3-11H,1-2H3/b8-7+. The van der Waals surface area contributed by atoms with E-state index in [1.807, 2.05) is 13.0 Å². The number of para-hydroxylation sites is 1. The minimum Gasteiger partial charge on any atom is -0.497 e. The zero-order valence-electron chi connectivity index (χ0n) is 12.3. The Morgan fingerprint density at radius 2 is 1.95 bits per heavy atom. The van der Waals surface area contributed by atoms with Crippen LogP contribution in [-0.4, -0.2) is 17.8 Å². The topological polar surface area (TPSA) is 69.4 Å². The summed E-state index contributed by atoms with van der Waals surface area (Å²) in [5.41, 5.74) is 1.74. The maximum absolute atomic E-state index is 12.2. The number of carbonyl (C=O) groups is 1. The summed E-state index contributed by atoms with van der Waals surface area (Å²) in [5, 5.41) is 10.9. The Kier molecular flexibility index (Phi) is 4.68. The molecule has 0 N–H and O–H groups in total. The van der Waals surface area contributed by atoms with Crippen molar-refractivity contribution in [3.8, 4) is 5.75 Å². The van der Waals surface area contributed by atoms with Crippen LogP contribution in [0.4, 0.5) is 5.69 Å². The van der Waals surface area contributed by atoms with Crippen LogP contribution in [0, 0.1) is 17.0 Å². The molecule has 0 aliphatic heterocycles. The summed E-state index contributed by atoms with van der Waals surface area (Å²) < 4.78 is 5.13. The van der Waals surface area contributed by atoms with E-state index >= 15 is 0 Å². The van der Waals surface area contributed by atoms with E-state index in [2.05, 4.69) is 0 Å². The van der Waals surface area contributed by atoms with Gasteiger partial charge in [-0.3, -0.25) is 14.9 Å². The molecule has 2 rings (SSSR count). The van der Waals surface area contributed by atoms with Gasteiger partial charge in [-0.15, -0.1) is 0 Å². The third-order valence-corrected chi connectivity index (χ3v) is 3.12. The molecule has 0 bridgehead atoms. The molecule has 0 spiro atoms. The molecule has 0 amide bonds. The predicted molar refractivity (Wildman–Crippen MR) is 84.2 cm³/mol. The summed E-state index contributed by atoms with van der Waals surface area (Å²) in [7, 11) is 1.53. The maximum atomic E-state index is 12.2. The first-order chi connectivity index (χ1) is 10.5. The van der Waals surface area contributed by atoms with Gasteiger partial charge in [0.1, 0.15) is 5.75 Å². The second-order valence-electron chi connectivity index (χ2n) is 4.75. The van der Waals surface area contributed by atoms with E-state index in [1.165, 1.54) is 25.3 Å². The van der Waals surface area contributed by atoms with Gasteiger partial charge in [0, 0.05) is 11.6 Å². The number of ether oxygens (including phenoxy) is 1. The minimum atomic E-state index is -0.472. The van der Waals surface area contributed by atoms with E-state index in [4.69, 9.17) is 4.74 Å². The number of carbonyl (C=O) groups excluding carboxylic acids is 1. The molecular formula is C17H15NO4. The molecule has 0 heterocycles. The van der Waals surface area contributed by atoms with Gasteiger partial charge in [-0.1, -0.05) is 12.1 Å². The van der Waals surface area contributed by atoms with E-state index < -0.39 is 4.92 Å². The Labute approximate surface area is 128 Å². The fourth-order valence-corrected chi connectivity index (χ4v) is 2.06. The maximum Gasteiger partial charge on any atom is 0.276 e. The zero-order valence-corrected chi connectivity index (χ0v) is 12.3. The van der Waals surface area contributed by atoms with Gasteiger partial charge >= 0.3 is 0 Å². The second kappa shape index (κ2) is 6.67. The van der Waals surface area contributed by atoms with Gasteiger partial charge in [0.25, 0.3) is 5.69 Å². The largest absolute Gasteiger partial charge is 0.497 e. The highest BCUT2D eigenvalue weighted by molar-refractivity contribution is 6.07. The number of allylic oxidation sites excluding steroid dienone is 1. The summed E-state index contributed by atoms with van der Waals surface area (Å²) in [6.07, 6.45) is 2.78. The third-order valence-electron chi connectivity index (χ3n) is 3.12. The summed E-state index contributed by atoms with van der Waals surface area (Å²) in [4.78, 5) is 22.7. The summed E-state index contributed by atoms with van der Waals surface area (Å²) in [6.45, 7) is 1.87. The van der Waals surface area contributed by atoms with Crippen molar-refractivity contribution < 1.29 is 14.5 Å². The number of rotatable bonds is 5. The Morgan fingerprint density at radius 3 is 2.64 bits per heavy atom. The first kappa shape index (κ1) is 15.4. The SMILES string of the molecule is COc1cc(C)cc(C(=O)/C=C/c2ccccc2[N+](=O)[O-])c1. The lowest BCUT2D eigenvalue weighted by atomic mass is 10.1. The molecule has 0 aliphatic carbocycles. The molecule has 5 nitrogen and oxygen atoms in total. The number of hydrogen-bond acceptors (Lipinski definition) is 4. The van der Waals surface area contributed by atoms with Crippen LogP contribution in [-0.2, 0) is 0 Å². The zero-order chi connectivity index (χ0) is 16.1. The van der Waals surface area contributed by atoms with Gasteiger partial charge in [-0.2, -0.15) is 0 Å². The van der Waals surface area contributed by atoms with Crippen LogP contribution in [0.25, 0.3) is 6.08 Å². The van der Waals surface area contributed by atoms with E-state index in [0.29, 0.717) is 16.9 Å².